The third-order valence-electron chi connectivity index (χ3n) is 3.86. The van der Waals surface area contributed by atoms with Crippen molar-refractivity contribution in [2.24, 2.45) is 0 Å². The minimum absolute atomic E-state index is 0.407. The molecule has 0 spiro atoms. The van der Waals surface area contributed by atoms with E-state index in [4.69, 9.17) is 0 Å². The third kappa shape index (κ3) is 2.85. The number of hydrogen-bond donors (Lipinski definition) is 1. The van der Waals surface area contributed by atoms with Gasteiger partial charge in [-0.25, -0.2) is 0 Å². The number of aromatic nitrogens is 1. The number of aliphatic hydroxyl groups excluding tert-OH is 1. The first-order valence-electron chi connectivity index (χ1n) is 7.03. The summed E-state index contributed by atoms with van der Waals surface area (Å²) in [7, 11) is 0. The van der Waals surface area contributed by atoms with Crippen molar-refractivity contribution in [1.82, 2.24) is 4.98 Å². The van der Waals surface area contributed by atoms with Gasteiger partial charge in [0.1, 0.15) is 0 Å². The molecule has 1 atom stereocenters. The minimum atomic E-state index is -0.407. The molecule has 2 heteroatoms. The summed E-state index contributed by atoms with van der Waals surface area (Å²) in [6.45, 7) is 0. The molecular weight excluding hydrogens is 234 g/mol. The molecule has 1 N–H and O–H groups in total. The predicted octanol–water partition coefficient (Wildman–Crippen LogP) is 4.16. The van der Waals surface area contributed by atoms with Crippen LogP contribution in [0.3, 0.4) is 0 Å². The van der Waals surface area contributed by atoms with Crippen LogP contribution >= 0.6 is 0 Å². The van der Waals surface area contributed by atoms with Crippen LogP contribution in [-0.4, -0.2) is 10.1 Å². The van der Waals surface area contributed by atoms with Gasteiger partial charge in [0.25, 0.3) is 0 Å². The van der Waals surface area contributed by atoms with Crippen molar-refractivity contribution in [3.8, 4) is 0 Å². The molecule has 19 heavy (non-hydrogen) atoms. The average molecular weight is 253 g/mol. The second-order valence-electron chi connectivity index (χ2n) is 5.28. The molecule has 98 valence electrons. The lowest BCUT2D eigenvalue weighted by atomic mass is 9.92. The second kappa shape index (κ2) is 5.54. The van der Waals surface area contributed by atoms with Crippen LogP contribution in [-0.2, 0) is 0 Å². The summed E-state index contributed by atoms with van der Waals surface area (Å²) in [4.78, 5) is 4.35. The van der Waals surface area contributed by atoms with Gasteiger partial charge in [-0.2, -0.15) is 0 Å². The van der Waals surface area contributed by atoms with Crippen LogP contribution in [0.15, 0.2) is 48.2 Å². The van der Waals surface area contributed by atoms with Gasteiger partial charge in [0.05, 0.1) is 11.6 Å². The number of benzene rings is 1. The zero-order valence-electron chi connectivity index (χ0n) is 11.0. The molecule has 2 nitrogen and oxygen atoms in total. The Bertz CT molecular complexity index is 603. The highest BCUT2D eigenvalue weighted by Crippen LogP contribution is 2.28. The molecular formula is C17H19NO. The van der Waals surface area contributed by atoms with E-state index in [9.17, 15) is 5.11 Å². The van der Waals surface area contributed by atoms with Crippen molar-refractivity contribution in [3.63, 3.8) is 0 Å². The lowest BCUT2D eigenvalue weighted by Crippen LogP contribution is -2.02. The van der Waals surface area contributed by atoms with E-state index in [-0.39, 0.29) is 0 Å². The molecule has 0 saturated heterocycles. The highest BCUT2D eigenvalue weighted by molar-refractivity contribution is 5.78. The van der Waals surface area contributed by atoms with Crippen LogP contribution in [0, 0.1) is 0 Å². The Balaban J connectivity index is 1.80. The molecule has 1 heterocycles. The molecule has 2 aromatic rings. The number of aliphatic hydroxyl groups is 1. The van der Waals surface area contributed by atoms with Gasteiger partial charge in [0.15, 0.2) is 0 Å². The molecule has 1 aliphatic rings. The van der Waals surface area contributed by atoms with Crippen LogP contribution in [0.25, 0.3) is 10.9 Å². The molecule has 1 aliphatic carbocycles. The van der Waals surface area contributed by atoms with E-state index in [1.807, 2.05) is 30.3 Å². The van der Waals surface area contributed by atoms with Crippen LogP contribution in [0.4, 0.5) is 0 Å². The van der Waals surface area contributed by atoms with Gasteiger partial charge in [0.2, 0.25) is 0 Å². The van der Waals surface area contributed by atoms with Crippen LogP contribution < -0.4 is 0 Å². The summed E-state index contributed by atoms with van der Waals surface area (Å²) in [5.74, 6) is 0. The molecule has 0 aliphatic heterocycles. The van der Waals surface area contributed by atoms with Crippen molar-refractivity contribution in [2.45, 2.75) is 38.2 Å². The summed E-state index contributed by atoms with van der Waals surface area (Å²) in [6.07, 6.45) is 9.31. The average Bonchev–Trinajstić information content (AvgIpc) is 2.48. The molecule has 1 aromatic heterocycles. The largest absolute Gasteiger partial charge is 0.388 e. The quantitative estimate of drug-likeness (QED) is 0.833. The van der Waals surface area contributed by atoms with Crippen LogP contribution in [0.2, 0.25) is 0 Å². The third-order valence-corrected chi connectivity index (χ3v) is 3.86. The SMILES string of the molecule is OC(CC1=CCCCC1)c1ccc2cccnc2c1. The molecule has 0 amide bonds. The van der Waals surface area contributed by atoms with E-state index in [1.54, 1.807) is 6.20 Å². The molecule has 0 radical (unpaired) electrons. The summed E-state index contributed by atoms with van der Waals surface area (Å²) in [5, 5.41) is 11.5. The Hall–Kier alpha value is -1.67. The Labute approximate surface area is 113 Å². The number of rotatable bonds is 3. The van der Waals surface area contributed by atoms with Crippen molar-refractivity contribution in [3.05, 3.63) is 53.7 Å². The zero-order valence-corrected chi connectivity index (χ0v) is 11.0. The van der Waals surface area contributed by atoms with E-state index in [2.05, 4.69) is 11.1 Å². The second-order valence-corrected chi connectivity index (χ2v) is 5.28. The zero-order chi connectivity index (χ0) is 13.1. The van der Waals surface area contributed by atoms with E-state index in [0.29, 0.717) is 0 Å². The Morgan fingerprint density at radius 3 is 3.00 bits per heavy atom. The normalized spacial score (nSPS) is 17.2. The Morgan fingerprint density at radius 2 is 2.16 bits per heavy atom. The van der Waals surface area contributed by atoms with Gasteiger partial charge < -0.3 is 5.11 Å². The first kappa shape index (κ1) is 12.4. The topological polar surface area (TPSA) is 33.1 Å². The molecule has 3 rings (SSSR count). The first-order chi connectivity index (χ1) is 9.33. The summed E-state index contributed by atoms with van der Waals surface area (Å²) >= 11 is 0. The minimum Gasteiger partial charge on any atom is -0.388 e. The van der Waals surface area contributed by atoms with Crippen molar-refractivity contribution in [2.75, 3.05) is 0 Å². The lowest BCUT2D eigenvalue weighted by molar-refractivity contribution is 0.176. The number of hydrogen-bond acceptors (Lipinski definition) is 2. The fourth-order valence-electron chi connectivity index (χ4n) is 2.75. The number of allylic oxidation sites excluding steroid dienone is 1. The van der Waals surface area contributed by atoms with E-state index < -0.39 is 6.10 Å². The van der Waals surface area contributed by atoms with E-state index >= 15 is 0 Å². The van der Waals surface area contributed by atoms with Gasteiger partial charge in [0, 0.05) is 11.6 Å². The maximum absolute atomic E-state index is 10.4. The van der Waals surface area contributed by atoms with Crippen molar-refractivity contribution in [1.29, 1.82) is 0 Å². The van der Waals surface area contributed by atoms with Gasteiger partial charge in [-0.3, -0.25) is 4.98 Å². The molecule has 1 aromatic carbocycles. The lowest BCUT2D eigenvalue weighted by Gasteiger charge is -2.17. The predicted molar refractivity (Wildman–Crippen MR) is 77.9 cm³/mol. The standard InChI is InChI=1S/C17H19NO/c19-17(11-13-5-2-1-3-6-13)15-9-8-14-7-4-10-18-16(14)12-15/h4-5,7-10,12,17,19H,1-3,6,11H2. The first-order valence-corrected chi connectivity index (χ1v) is 7.03. The monoisotopic (exact) mass is 253 g/mol. The highest BCUT2D eigenvalue weighted by Gasteiger charge is 2.12. The van der Waals surface area contributed by atoms with Gasteiger partial charge in [-0.05, 0) is 49.8 Å². The highest BCUT2D eigenvalue weighted by atomic mass is 16.3. The molecule has 0 bridgehead atoms. The molecule has 0 saturated carbocycles. The van der Waals surface area contributed by atoms with E-state index in [1.165, 1.54) is 24.8 Å². The fraction of sp³-hybridized carbons (Fsp3) is 0.353. The molecule has 0 fully saturated rings. The summed E-state index contributed by atoms with van der Waals surface area (Å²) in [5.41, 5.74) is 3.33. The van der Waals surface area contributed by atoms with Crippen molar-refractivity contribution < 1.29 is 5.11 Å². The van der Waals surface area contributed by atoms with Gasteiger partial charge in [-0.1, -0.05) is 29.8 Å². The number of pyridine rings is 1. The maximum atomic E-state index is 10.4. The Morgan fingerprint density at radius 1 is 1.21 bits per heavy atom. The number of nitrogens with zero attached hydrogens (tertiary/aromatic N) is 1. The van der Waals surface area contributed by atoms with Gasteiger partial charge >= 0.3 is 0 Å². The fourth-order valence-corrected chi connectivity index (χ4v) is 2.75. The number of fused-ring (bicyclic) bond motifs is 1. The smallest absolute Gasteiger partial charge is 0.0827 e. The van der Waals surface area contributed by atoms with E-state index in [0.717, 1.165) is 29.3 Å². The van der Waals surface area contributed by atoms with Crippen molar-refractivity contribution >= 4 is 10.9 Å². The van der Waals surface area contributed by atoms with Crippen LogP contribution in [0.5, 0.6) is 0 Å². The Kier molecular flexibility index (Phi) is 3.60. The summed E-state index contributed by atoms with van der Waals surface area (Å²) in [6, 6.07) is 10.0. The molecule has 1 unspecified atom stereocenters. The maximum Gasteiger partial charge on any atom is 0.0827 e. The van der Waals surface area contributed by atoms with Gasteiger partial charge in [-0.15, -0.1) is 0 Å². The summed E-state index contributed by atoms with van der Waals surface area (Å²) < 4.78 is 0. The van der Waals surface area contributed by atoms with Crippen LogP contribution in [0.1, 0.15) is 43.8 Å².